The average molecular weight is 593 g/mol. The Balaban J connectivity index is 0.00000124. The van der Waals surface area contributed by atoms with Gasteiger partial charge in [0, 0.05) is 24.7 Å². The van der Waals surface area contributed by atoms with E-state index in [1.54, 1.807) is 13.2 Å². The number of halogens is 3. The van der Waals surface area contributed by atoms with E-state index in [1.807, 2.05) is 12.1 Å². The molecule has 2 aromatic rings. The normalized spacial score (nSPS) is 20.3. The van der Waals surface area contributed by atoms with Gasteiger partial charge in [0.15, 0.2) is 0 Å². The Morgan fingerprint density at radius 3 is 2.41 bits per heavy atom. The summed E-state index contributed by atoms with van der Waals surface area (Å²) in [6.07, 6.45) is 3.24. The molecule has 0 bridgehead atoms. The number of carbonyl (C=O) groups is 2. The van der Waals surface area contributed by atoms with Crippen molar-refractivity contribution in [3.05, 3.63) is 63.4 Å². The minimum atomic E-state index is -1.03. The summed E-state index contributed by atoms with van der Waals surface area (Å²) in [4.78, 5) is 25.1. The summed E-state index contributed by atoms with van der Waals surface area (Å²) < 4.78 is 40.4. The molecular weight excluding hydrogens is 554 g/mol. The Hall–Kier alpha value is -2.75. The summed E-state index contributed by atoms with van der Waals surface area (Å²) in [6, 6.07) is 9.33. The van der Waals surface area contributed by atoms with Gasteiger partial charge in [-0.1, -0.05) is 17.7 Å². The minimum Gasteiger partial charge on any atom is -0.493 e. The van der Waals surface area contributed by atoms with Gasteiger partial charge in [-0.15, -0.1) is 0 Å². The first-order valence-corrected chi connectivity index (χ1v) is 14.6. The van der Waals surface area contributed by atoms with Crippen LogP contribution >= 0.6 is 11.6 Å². The summed E-state index contributed by atoms with van der Waals surface area (Å²) in [6.45, 7) is 5.11. The molecule has 0 radical (unpaired) electrons. The van der Waals surface area contributed by atoms with Crippen LogP contribution in [0.15, 0.2) is 30.3 Å². The van der Waals surface area contributed by atoms with E-state index in [4.69, 9.17) is 31.0 Å². The lowest BCUT2D eigenvalue weighted by Crippen LogP contribution is -2.39. The van der Waals surface area contributed by atoms with Crippen molar-refractivity contribution < 1.29 is 33.0 Å². The van der Waals surface area contributed by atoms with Gasteiger partial charge < -0.3 is 19.5 Å². The Kier molecular flexibility index (Phi) is 11.0. The lowest BCUT2D eigenvalue weighted by atomic mass is 9.94. The molecule has 0 spiro atoms. The fourth-order valence-corrected chi connectivity index (χ4v) is 6.11. The molecule has 0 aromatic heterocycles. The molecule has 2 unspecified atom stereocenters. The van der Waals surface area contributed by atoms with E-state index in [0.717, 1.165) is 54.9 Å². The number of likely N-dealkylation sites (tertiary alicyclic amines) is 2. The first-order chi connectivity index (χ1) is 19.7. The minimum absolute atomic E-state index is 0.0297. The average Bonchev–Trinajstić information content (AvgIpc) is 3.69. The molecule has 2 aliphatic heterocycles. The fraction of sp³-hybridized carbons (Fsp3) is 0.548. The lowest BCUT2D eigenvalue weighted by Gasteiger charge is -2.37. The number of rotatable bonds is 9. The highest BCUT2D eigenvalue weighted by atomic mass is 35.5. The van der Waals surface area contributed by atoms with Crippen molar-refractivity contribution in [1.29, 1.82) is 0 Å². The standard InChI is InChI=1S/C30H37ClF2N2O3.CH2O2/c1-19-11-22(13-23(31)12-19)28(18-37-2)34-8-5-20(6-9-34)17-38-29-15-27(33)26(14-25(29)21-3-4-21)30(36)35-10-7-24(32)16-35;2-1-3/h11-15,20-21,24,28H,3-10,16-18H2,1-2H3;1H,(H,2,3). The fourth-order valence-electron chi connectivity index (χ4n) is 5.81. The number of hydrogen-bond donors (Lipinski definition) is 1. The maximum atomic E-state index is 15.1. The first-order valence-electron chi connectivity index (χ1n) is 14.2. The molecule has 224 valence electrons. The van der Waals surface area contributed by atoms with Crippen LogP contribution in [0, 0.1) is 18.7 Å². The third-order valence-corrected chi connectivity index (χ3v) is 8.32. The first kappa shape index (κ1) is 31.2. The van der Waals surface area contributed by atoms with Crippen LogP contribution < -0.4 is 4.74 Å². The number of methoxy groups -OCH3 is 1. The monoisotopic (exact) mass is 592 g/mol. The third kappa shape index (κ3) is 8.17. The molecule has 1 aliphatic carbocycles. The van der Waals surface area contributed by atoms with Crippen LogP contribution in [-0.4, -0.2) is 80.0 Å². The predicted molar refractivity (Wildman–Crippen MR) is 153 cm³/mol. The number of hydrogen-bond acceptors (Lipinski definition) is 5. The summed E-state index contributed by atoms with van der Waals surface area (Å²) in [5.74, 6) is 0.177. The number of carboxylic acid groups (broad SMARTS) is 1. The highest BCUT2D eigenvalue weighted by Crippen LogP contribution is 2.45. The van der Waals surface area contributed by atoms with Crippen LogP contribution in [0.2, 0.25) is 5.02 Å². The third-order valence-electron chi connectivity index (χ3n) is 8.10. The van der Waals surface area contributed by atoms with Crippen molar-refractivity contribution in [2.24, 2.45) is 5.92 Å². The van der Waals surface area contributed by atoms with Gasteiger partial charge in [-0.2, -0.15) is 0 Å². The van der Waals surface area contributed by atoms with Gasteiger partial charge in [0.2, 0.25) is 0 Å². The second-order valence-corrected chi connectivity index (χ2v) is 11.6. The van der Waals surface area contributed by atoms with Crippen LogP contribution in [-0.2, 0) is 9.53 Å². The number of carbonyl (C=O) groups excluding carboxylic acids is 1. The van der Waals surface area contributed by atoms with E-state index in [0.29, 0.717) is 43.8 Å². The van der Waals surface area contributed by atoms with Gasteiger partial charge in [-0.25, -0.2) is 8.78 Å². The van der Waals surface area contributed by atoms with E-state index in [2.05, 4.69) is 17.9 Å². The Bertz CT molecular complexity index is 1180. The largest absolute Gasteiger partial charge is 0.493 e. The molecule has 2 heterocycles. The van der Waals surface area contributed by atoms with Crippen molar-refractivity contribution in [3.8, 4) is 5.75 Å². The van der Waals surface area contributed by atoms with Crippen LogP contribution in [0.4, 0.5) is 8.78 Å². The molecule has 1 N–H and O–H groups in total. The molecule has 3 fully saturated rings. The summed E-state index contributed by atoms with van der Waals surface area (Å²) in [5.41, 5.74) is 3.24. The number of nitrogens with zero attached hydrogens (tertiary/aromatic N) is 2. The number of alkyl halides is 1. The highest BCUT2D eigenvalue weighted by Gasteiger charge is 2.33. The number of benzene rings is 2. The van der Waals surface area contributed by atoms with E-state index >= 15 is 4.39 Å². The van der Waals surface area contributed by atoms with Gasteiger partial charge >= 0.3 is 0 Å². The molecule has 1 saturated carbocycles. The molecule has 1 amide bonds. The molecule has 41 heavy (non-hydrogen) atoms. The van der Waals surface area contributed by atoms with Crippen LogP contribution in [0.5, 0.6) is 5.75 Å². The second kappa shape index (κ2) is 14.4. The van der Waals surface area contributed by atoms with Crippen LogP contribution in [0.1, 0.15) is 71.1 Å². The summed E-state index contributed by atoms with van der Waals surface area (Å²) >= 11 is 6.33. The zero-order valence-electron chi connectivity index (χ0n) is 23.7. The molecule has 10 heteroatoms. The second-order valence-electron chi connectivity index (χ2n) is 11.2. The molecule has 2 atom stereocenters. The van der Waals surface area contributed by atoms with Gasteiger partial charge in [0.25, 0.3) is 12.4 Å². The molecule has 2 aromatic carbocycles. The molecule has 2 saturated heterocycles. The number of piperidine rings is 1. The van der Waals surface area contributed by atoms with Crippen molar-refractivity contribution in [1.82, 2.24) is 9.80 Å². The number of amides is 1. The summed E-state index contributed by atoms with van der Waals surface area (Å²) in [7, 11) is 1.73. The Labute approximate surface area is 245 Å². The van der Waals surface area contributed by atoms with Crippen molar-refractivity contribution in [2.45, 2.75) is 57.2 Å². The topological polar surface area (TPSA) is 79.3 Å². The molecule has 7 nitrogen and oxygen atoms in total. The van der Waals surface area contributed by atoms with Gasteiger partial charge in [0.1, 0.15) is 17.7 Å². The maximum Gasteiger partial charge on any atom is 0.290 e. The highest BCUT2D eigenvalue weighted by molar-refractivity contribution is 6.30. The Morgan fingerprint density at radius 1 is 1.12 bits per heavy atom. The predicted octanol–water partition coefficient (Wildman–Crippen LogP) is 6.03. The van der Waals surface area contributed by atoms with Gasteiger partial charge in [-0.05, 0) is 98.8 Å². The number of aryl methyl sites for hydroxylation is 1. The van der Waals surface area contributed by atoms with E-state index < -0.39 is 17.9 Å². The number of ether oxygens (including phenoxy) is 2. The van der Waals surface area contributed by atoms with Gasteiger partial charge in [0.05, 0.1) is 31.4 Å². The van der Waals surface area contributed by atoms with Crippen molar-refractivity contribution in [3.63, 3.8) is 0 Å². The van der Waals surface area contributed by atoms with E-state index in [9.17, 15) is 9.18 Å². The molecule has 5 rings (SSSR count). The SMILES string of the molecule is COCC(c1cc(C)cc(Cl)c1)N1CCC(COc2cc(F)c(C(=O)N3CCC(F)C3)cc2C2CC2)CC1.O=CO. The molecule has 3 aliphatic rings. The zero-order valence-corrected chi connectivity index (χ0v) is 24.4. The van der Waals surface area contributed by atoms with E-state index in [-0.39, 0.29) is 24.6 Å². The van der Waals surface area contributed by atoms with Crippen molar-refractivity contribution >= 4 is 24.0 Å². The quantitative estimate of drug-likeness (QED) is 0.358. The van der Waals surface area contributed by atoms with Crippen LogP contribution in [0.25, 0.3) is 0 Å². The lowest BCUT2D eigenvalue weighted by molar-refractivity contribution is -0.122. The van der Waals surface area contributed by atoms with Crippen molar-refractivity contribution in [2.75, 3.05) is 46.5 Å². The van der Waals surface area contributed by atoms with Gasteiger partial charge in [-0.3, -0.25) is 14.5 Å². The molecular formula is C31H39ClF2N2O5. The van der Waals surface area contributed by atoms with E-state index in [1.165, 1.54) is 16.5 Å². The maximum absolute atomic E-state index is 15.1. The van der Waals surface area contributed by atoms with Crippen LogP contribution in [0.3, 0.4) is 0 Å². The summed E-state index contributed by atoms with van der Waals surface area (Å²) in [5, 5.41) is 7.63. The zero-order chi connectivity index (χ0) is 29.5. The smallest absolute Gasteiger partial charge is 0.290 e. The Morgan fingerprint density at radius 2 is 1.83 bits per heavy atom.